The summed E-state index contributed by atoms with van der Waals surface area (Å²) in [6.45, 7) is 8.28. The highest BCUT2D eigenvalue weighted by Gasteiger charge is 2.19. The quantitative estimate of drug-likeness (QED) is 0.874. The number of halogens is 2. The number of H-pyrrole nitrogens is 1. The number of nitrogens with one attached hydrogen (secondary N) is 2. The van der Waals surface area contributed by atoms with Gasteiger partial charge in [-0.05, 0) is 39.8 Å². The van der Waals surface area contributed by atoms with Crippen LogP contribution in [0.4, 0.5) is 4.79 Å². The summed E-state index contributed by atoms with van der Waals surface area (Å²) in [5.74, 6) is 0.661. The summed E-state index contributed by atoms with van der Waals surface area (Å²) in [5.41, 5.74) is 1.52. The topological polar surface area (TPSA) is 61.0 Å². The van der Waals surface area contributed by atoms with Crippen LogP contribution in [0.15, 0.2) is 12.1 Å². The van der Waals surface area contributed by atoms with Gasteiger partial charge in [0.15, 0.2) is 0 Å². The van der Waals surface area contributed by atoms with Crippen LogP contribution in [0, 0.1) is 0 Å². The van der Waals surface area contributed by atoms with Gasteiger partial charge in [0, 0.05) is 12.1 Å². The number of benzene rings is 1. The Morgan fingerprint density at radius 1 is 1.23 bits per heavy atom. The number of fused-ring (bicyclic) bond motifs is 1. The maximum Gasteiger partial charge on any atom is 0.318 e. The van der Waals surface area contributed by atoms with Crippen molar-refractivity contribution in [2.45, 2.75) is 46.3 Å². The highest BCUT2D eigenvalue weighted by atomic mass is 35.5. The van der Waals surface area contributed by atoms with E-state index in [1.807, 2.05) is 27.7 Å². The molecule has 0 fully saturated rings. The van der Waals surface area contributed by atoms with E-state index in [0.29, 0.717) is 22.4 Å². The van der Waals surface area contributed by atoms with Crippen molar-refractivity contribution in [1.82, 2.24) is 20.2 Å². The van der Waals surface area contributed by atoms with Gasteiger partial charge < -0.3 is 15.2 Å². The molecule has 0 aliphatic carbocycles. The third kappa shape index (κ3) is 3.65. The zero-order valence-corrected chi connectivity index (χ0v) is 14.6. The lowest BCUT2D eigenvalue weighted by atomic mass is 10.2. The predicted octanol–water partition coefficient (Wildman–Crippen LogP) is 4.20. The fourth-order valence-corrected chi connectivity index (χ4v) is 2.78. The Bertz CT molecular complexity index is 634. The second kappa shape index (κ2) is 6.75. The van der Waals surface area contributed by atoms with Crippen LogP contribution in [0.2, 0.25) is 10.0 Å². The molecule has 5 nitrogen and oxygen atoms in total. The van der Waals surface area contributed by atoms with Crippen molar-refractivity contribution >= 4 is 40.3 Å². The number of imidazole rings is 1. The van der Waals surface area contributed by atoms with Gasteiger partial charge in [0.25, 0.3) is 0 Å². The van der Waals surface area contributed by atoms with Crippen molar-refractivity contribution in [3.63, 3.8) is 0 Å². The molecule has 7 heteroatoms. The van der Waals surface area contributed by atoms with Crippen molar-refractivity contribution in [2.24, 2.45) is 0 Å². The lowest BCUT2D eigenvalue weighted by molar-refractivity contribution is 0.164. The normalized spacial score (nSPS) is 11.5. The highest BCUT2D eigenvalue weighted by Crippen LogP contribution is 2.26. The Kier molecular flexibility index (Phi) is 5.19. The number of urea groups is 1. The van der Waals surface area contributed by atoms with Crippen LogP contribution in [-0.2, 0) is 6.54 Å². The highest BCUT2D eigenvalue weighted by molar-refractivity contribution is 6.42. The molecule has 0 unspecified atom stereocenters. The number of rotatable bonds is 4. The molecule has 0 radical (unpaired) electrons. The molecular formula is C15H20Cl2N4O. The van der Waals surface area contributed by atoms with E-state index in [-0.39, 0.29) is 18.1 Å². The first kappa shape index (κ1) is 16.9. The van der Waals surface area contributed by atoms with Crippen molar-refractivity contribution < 1.29 is 4.79 Å². The lowest BCUT2D eigenvalue weighted by Gasteiger charge is -2.30. The van der Waals surface area contributed by atoms with E-state index < -0.39 is 0 Å². The SMILES string of the molecule is CC(C)N(C(=O)NCc1nc2cc(Cl)c(Cl)cc2[nH]1)C(C)C. The number of aromatic amines is 1. The summed E-state index contributed by atoms with van der Waals surface area (Å²) in [6.07, 6.45) is 0. The molecule has 1 heterocycles. The van der Waals surface area contributed by atoms with Gasteiger partial charge >= 0.3 is 6.03 Å². The van der Waals surface area contributed by atoms with Crippen LogP contribution in [0.3, 0.4) is 0 Å². The Morgan fingerprint density at radius 2 is 1.82 bits per heavy atom. The molecule has 1 aromatic heterocycles. The number of carbonyl (C=O) groups is 1. The first-order chi connectivity index (χ1) is 10.3. The van der Waals surface area contributed by atoms with Gasteiger partial charge in [-0.1, -0.05) is 23.2 Å². The van der Waals surface area contributed by atoms with Crippen molar-refractivity contribution in [1.29, 1.82) is 0 Å². The van der Waals surface area contributed by atoms with Crippen LogP contribution in [0.5, 0.6) is 0 Å². The maximum absolute atomic E-state index is 12.3. The lowest BCUT2D eigenvalue weighted by Crippen LogP contribution is -2.47. The Hall–Kier alpha value is -1.46. The van der Waals surface area contributed by atoms with Gasteiger partial charge in [-0.2, -0.15) is 0 Å². The standard InChI is InChI=1S/C15H20Cl2N4O/c1-8(2)21(9(3)4)15(22)18-7-14-19-12-5-10(16)11(17)6-13(12)20-14/h5-6,8-9H,7H2,1-4H3,(H,18,22)(H,19,20). The number of nitrogens with zero attached hydrogens (tertiary/aromatic N) is 2. The Labute approximate surface area is 140 Å². The van der Waals surface area contributed by atoms with Gasteiger partial charge in [-0.15, -0.1) is 0 Å². The van der Waals surface area contributed by atoms with Gasteiger partial charge in [0.2, 0.25) is 0 Å². The van der Waals surface area contributed by atoms with E-state index in [0.717, 1.165) is 11.0 Å². The fourth-order valence-electron chi connectivity index (χ4n) is 2.46. The van der Waals surface area contributed by atoms with Crippen molar-refractivity contribution in [2.75, 3.05) is 0 Å². The molecular weight excluding hydrogens is 323 g/mol. The molecule has 0 bridgehead atoms. The second-order valence-corrected chi connectivity index (χ2v) is 6.53. The third-order valence-electron chi connectivity index (χ3n) is 3.33. The molecule has 0 atom stereocenters. The van der Waals surface area contributed by atoms with E-state index in [4.69, 9.17) is 23.2 Å². The summed E-state index contributed by atoms with van der Waals surface area (Å²) >= 11 is 12.0. The smallest absolute Gasteiger partial charge is 0.318 e. The van der Waals surface area contributed by atoms with Crippen LogP contribution in [0.25, 0.3) is 11.0 Å². The second-order valence-electron chi connectivity index (χ2n) is 5.72. The molecule has 120 valence electrons. The third-order valence-corrected chi connectivity index (χ3v) is 4.05. The molecule has 2 rings (SSSR count). The monoisotopic (exact) mass is 342 g/mol. The first-order valence-corrected chi connectivity index (χ1v) is 7.95. The van der Waals surface area contributed by atoms with Gasteiger partial charge in [-0.3, -0.25) is 0 Å². The van der Waals surface area contributed by atoms with E-state index in [1.54, 1.807) is 17.0 Å². The molecule has 2 amide bonds. The summed E-state index contributed by atoms with van der Waals surface area (Å²) in [5, 5.41) is 3.81. The molecule has 0 aliphatic rings. The zero-order chi connectivity index (χ0) is 16.4. The average Bonchev–Trinajstić information content (AvgIpc) is 2.78. The van der Waals surface area contributed by atoms with Gasteiger partial charge in [0.05, 0.1) is 27.6 Å². The molecule has 2 aromatic rings. The summed E-state index contributed by atoms with van der Waals surface area (Å²) in [7, 11) is 0. The molecule has 1 aromatic carbocycles. The molecule has 22 heavy (non-hydrogen) atoms. The van der Waals surface area contributed by atoms with Crippen LogP contribution in [-0.4, -0.2) is 33.0 Å². The van der Waals surface area contributed by atoms with E-state index in [9.17, 15) is 4.79 Å². The number of hydrogen-bond acceptors (Lipinski definition) is 2. The van der Waals surface area contributed by atoms with Crippen molar-refractivity contribution in [3.05, 3.63) is 28.0 Å². The predicted molar refractivity (Wildman–Crippen MR) is 90.5 cm³/mol. The molecule has 0 saturated heterocycles. The Morgan fingerprint density at radius 3 is 2.41 bits per heavy atom. The van der Waals surface area contributed by atoms with Gasteiger partial charge in [-0.25, -0.2) is 9.78 Å². The Balaban J connectivity index is 2.10. The minimum absolute atomic E-state index is 0.110. The van der Waals surface area contributed by atoms with Crippen molar-refractivity contribution in [3.8, 4) is 0 Å². The van der Waals surface area contributed by atoms with E-state index in [2.05, 4.69) is 15.3 Å². The molecule has 0 aliphatic heterocycles. The number of carbonyl (C=O) groups excluding carboxylic acids is 1. The number of hydrogen-bond donors (Lipinski definition) is 2. The van der Waals surface area contributed by atoms with Crippen LogP contribution >= 0.6 is 23.2 Å². The summed E-state index contributed by atoms with van der Waals surface area (Å²) in [6, 6.07) is 3.59. The zero-order valence-electron chi connectivity index (χ0n) is 13.1. The summed E-state index contributed by atoms with van der Waals surface area (Å²) in [4.78, 5) is 21.6. The summed E-state index contributed by atoms with van der Waals surface area (Å²) < 4.78 is 0. The largest absolute Gasteiger partial charge is 0.340 e. The molecule has 2 N–H and O–H groups in total. The minimum Gasteiger partial charge on any atom is -0.340 e. The van der Waals surface area contributed by atoms with E-state index in [1.165, 1.54) is 0 Å². The van der Waals surface area contributed by atoms with Crippen LogP contribution < -0.4 is 5.32 Å². The first-order valence-electron chi connectivity index (χ1n) is 7.19. The minimum atomic E-state index is -0.110. The average molecular weight is 343 g/mol. The maximum atomic E-state index is 12.3. The van der Waals surface area contributed by atoms with Crippen LogP contribution in [0.1, 0.15) is 33.5 Å². The number of amides is 2. The molecule has 0 saturated carbocycles. The van der Waals surface area contributed by atoms with E-state index >= 15 is 0 Å². The van der Waals surface area contributed by atoms with Gasteiger partial charge in [0.1, 0.15) is 5.82 Å². The number of aromatic nitrogens is 2. The molecule has 0 spiro atoms. The fraction of sp³-hybridized carbons (Fsp3) is 0.467.